The van der Waals surface area contributed by atoms with Crippen LogP contribution in [-0.2, 0) is 4.74 Å². The molecule has 51 heavy (non-hydrogen) atoms. The van der Waals surface area contributed by atoms with Gasteiger partial charge < -0.3 is 33.7 Å². The molecular formula is C36H36F2N6O7. The summed E-state index contributed by atoms with van der Waals surface area (Å²) in [6, 6.07) is 9.94. The summed E-state index contributed by atoms with van der Waals surface area (Å²) in [5.41, 5.74) is 1.78. The van der Waals surface area contributed by atoms with E-state index in [4.69, 9.17) is 28.4 Å². The second-order valence-electron chi connectivity index (χ2n) is 11.8. The number of amides is 1. The van der Waals surface area contributed by atoms with Crippen molar-refractivity contribution in [3.05, 3.63) is 77.9 Å². The van der Waals surface area contributed by atoms with Crippen molar-refractivity contribution in [3.8, 4) is 40.3 Å². The van der Waals surface area contributed by atoms with Crippen molar-refractivity contribution in [1.29, 1.82) is 0 Å². The highest BCUT2D eigenvalue weighted by Gasteiger charge is 2.26. The largest absolute Gasteiger partial charge is 0.490 e. The second kappa shape index (κ2) is 15.1. The van der Waals surface area contributed by atoms with Crippen LogP contribution in [0.5, 0.6) is 34.6 Å². The predicted molar refractivity (Wildman–Crippen MR) is 182 cm³/mol. The molecule has 0 spiro atoms. The highest BCUT2D eigenvalue weighted by atomic mass is 19.1. The molecule has 0 aliphatic carbocycles. The maximum Gasteiger partial charge on any atom is 0.280 e. The van der Waals surface area contributed by atoms with Gasteiger partial charge in [-0.15, -0.1) is 0 Å². The molecule has 0 atom stereocenters. The van der Waals surface area contributed by atoms with E-state index in [0.29, 0.717) is 52.6 Å². The number of nitrogens with zero attached hydrogens (tertiary/aromatic N) is 5. The number of carbonyl (C=O) groups is 1. The lowest BCUT2D eigenvalue weighted by Gasteiger charge is -2.26. The van der Waals surface area contributed by atoms with Gasteiger partial charge >= 0.3 is 0 Å². The van der Waals surface area contributed by atoms with Gasteiger partial charge in [0.15, 0.2) is 34.5 Å². The number of aromatic nitrogens is 4. The summed E-state index contributed by atoms with van der Waals surface area (Å²) in [6.07, 6.45) is 3.66. The fourth-order valence-electron chi connectivity index (χ4n) is 5.89. The van der Waals surface area contributed by atoms with Crippen LogP contribution in [0, 0.1) is 18.6 Å². The number of hydrogen-bond donors (Lipinski definition) is 1. The number of hydrogen-bond acceptors (Lipinski definition) is 11. The first-order valence-electron chi connectivity index (χ1n) is 16.7. The summed E-state index contributed by atoms with van der Waals surface area (Å²) >= 11 is 0. The van der Waals surface area contributed by atoms with E-state index in [0.717, 1.165) is 45.3 Å². The Labute approximate surface area is 292 Å². The van der Waals surface area contributed by atoms with E-state index in [1.165, 1.54) is 41.5 Å². The normalized spacial score (nSPS) is 14.4. The van der Waals surface area contributed by atoms with Crippen molar-refractivity contribution >= 4 is 22.5 Å². The van der Waals surface area contributed by atoms with E-state index in [1.54, 1.807) is 26.0 Å². The van der Waals surface area contributed by atoms with Gasteiger partial charge in [0.25, 0.3) is 5.91 Å². The van der Waals surface area contributed by atoms with Crippen LogP contribution in [-0.4, -0.2) is 89.8 Å². The lowest BCUT2D eigenvalue weighted by atomic mass is 10.1. The number of morpholine rings is 1. The maximum atomic E-state index is 15.5. The monoisotopic (exact) mass is 702 g/mol. The molecule has 1 amide bonds. The van der Waals surface area contributed by atoms with Crippen LogP contribution in [0.4, 0.5) is 14.5 Å². The summed E-state index contributed by atoms with van der Waals surface area (Å²) in [7, 11) is 0. The molecule has 0 bridgehead atoms. The molecule has 7 rings (SSSR count). The molecule has 3 aromatic carbocycles. The van der Waals surface area contributed by atoms with Crippen LogP contribution < -0.4 is 29.0 Å². The summed E-state index contributed by atoms with van der Waals surface area (Å²) in [6.45, 7) is 9.02. The summed E-state index contributed by atoms with van der Waals surface area (Å²) in [5, 5.41) is 7.44. The lowest BCUT2D eigenvalue weighted by Crippen LogP contribution is -2.37. The first-order valence-corrected chi connectivity index (χ1v) is 16.7. The Kier molecular flexibility index (Phi) is 10.1. The number of nitrogens with one attached hydrogen (secondary N) is 1. The maximum absolute atomic E-state index is 15.5. The molecule has 5 aromatic rings. The van der Waals surface area contributed by atoms with Gasteiger partial charge in [0, 0.05) is 37.5 Å². The van der Waals surface area contributed by atoms with E-state index in [2.05, 4.69) is 25.3 Å². The topological polar surface area (TPSA) is 131 Å². The minimum atomic E-state index is -0.761. The van der Waals surface area contributed by atoms with Gasteiger partial charge in [0.05, 0.1) is 43.8 Å². The molecular weight excluding hydrogens is 666 g/mol. The van der Waals surface area contributed by atoms with Crippen molar-refractivity contribution in [2.45, 2.75) is 20.3 Å². The Morgan fingerprint density at radius 3 is 2.55 bits per heavy atom. The number of aryl methyl sites for hydroxylation is 1. The van der Waals surface area contributed by atoms with E-state index in [-0.39, 0.29) is 47.8 Å². The SMILES string of the molecule is CCOc1cn(-c2ccc(F)cc2C)nc1C(=O)Nc1ccc(Oc2ncnc3cc(OCCCN4CCOCC4)c4c(c23)OCCO4)c(F)c1. The molecule has 0 saturated carbocycles. The molecule has 2 aromatic heterocycles. The van der Waals surface area contributed by atoms with E-state index < -0.39 is 11.7 Å². The summed E-state index contributed by atoms with van der Waals surface area (Å²) in [4.78, 5) is 24.3. The smallest absolute Gasteiger partial charge is 0.280 e. The number of anilines is 1. The van der Waals surface area contributed by atoms with E-state index >= 15 is 4.39 Å². The molecule has 2 aliphatic rings. The molecule has 4 heterocycles. The Hall–Kier alpha value is -5.54. The van der Waals surface area contributed by atoms with Gasteiger partial charge in [0.2, 0.25) is 11.6 Å². The molecule has 0 radical (unpaired) electrons. The Balaban J connectivity index is 1.08. The third kappa shape index (κ3) is 7.49. The van der Waals surface area contributed by atoms with Crippen molar-refractivity contribution in [3.63, 3.8) is 0 Å². The predicted octanol–water partition coefficient (Wildman–Crippen LogP) is 5.72. The first-order chi connectivity index (χ1) is 24.9. The van der Waals surface area contributed by atoms with Gasteiger partial charge in [-0.2, -0.15) is 5.10 Å². The molecule has 0 unspecified atom stereocenters. The van der Waals surface area contributed by atoms with Crippen LogP contribution in [0.25, 0.3) is 16.6 Å². The first kappa shape index (κ1) is 33.9. The van der Waals surface area contributed by atoms with E-state index in [9.17, 15) is 9.18 Å². The molecule has 266 valence electrons. The number of benzene rings is 3. The average Bonchev–Trinajstić information content (AvgIpc) is 3.55. The van der Waals surface area contributed by atoms with Gasteiger partial charge in [0.1, 0.15) is 30.7 Å². The number of rotatable bonds is 12. The number of fused-ring (bicyclic) bond motifs is 3. The van der Waals surface area contributed by atoms with Crippen LogP contribution in [0.3, 0.4) is 0 Å². The highest BCUT2D eigenvalue weighted by Crippen LogP contribution is 2.48. The lowest BCUT2D eigenvalue weighted by molar-refractivity contribution is 0.0357. The number of carbonyl (C=O) groups excluding carboxylic acids is 1. The zero-order chi connectivity index (χ0) is 35.3. The molecule has 1 saturated heterocycles. The van der Waals surface area contributed by atoms with Crippen LogP contribution in [0.1, 0.15) is 29.4 Å². The zero-order valence-corrected chi connectivity index (χ0v) is 28.1. The van der Waals surface area contributed by atoms with Crippen molar-refractivity contribution in [2.75, 3.05) is 64.6 Å². The minimum Gasteiger partial charge on any atom is -0.490 e. The van der Waals surface area contributed by atoms with Gasteiger partial charge in [-0.05, 0) is 56.2 Å². The van der Waals surface area contributed by atoms with Gasteiger partial charge in [-0.25, -0.2) is 23.4 Å². The van der Waals surface area contributed by atoms with Crippen molar-refractivity contribution in [1.82, 2.24) is 24.6 Å². The third-order valence-electron chi connectivity index (χ3n) is 8.32. The third-order valence-corrected chi connectivity index (χ3v) is 8.32. The fraction of sp³-hybridized carbons (Fsp3) is 0.333. The molecule has 2 aliphatic heterocycles. The standard InChI is InChI=1S/C36H36F2N6O7/c1-3-47-30-20-44(27-7-5-23(37)17-22(27)2)42-32(30)35(45)41-24-6-8-28(25(38)18-24)51-36-31-26(39-21-40-36)19-29(33-34(31)50-16-15-49-33)48-12-4-9-43-10-13-46-14-11-43/h5-8,17-21H,3-4,9-16H2,1-2H3,(H,41,45). The quantitative estimate of drug-likeness (QED) is 0.160. The highest BCUT2D eigenvalue weighted by molar-refractivity contribution is 6.04. The Morgan fingerprint density at radius 1 is 0.941 bits per heavy atom. The average molecular weight is 703 g/mol. The Morgan fingerprint density at radius 2 is 1.76 bits per heavy atom. The van der Waals surface area contributed by atoms with Gasteiger partial charge in [-0.3, -0.25) is 9.69 Å². The summed E-state index contributed by atoms with van der Waals surface area (Å²) < 4.78 is 65.8. The number of ether oxygens (including phenoxy) is 6. The molecule has 1 N–H and O–H groups in total. The summed E-state index contributed by atoms with van der Waals surface area (Å²) in [5.74, 6) is -0.416. The second-order valence-corrected chi connectivity index (χ2v) is 11.8. The van der Waals surface area contributed by atoms with Crippen LogP contribution >= 0.6 is 0 Å². The number of halogens is 2. The van der Waals surface area contributed by atoms with E-state index in [1.807, 2.05) is 0 Å². The molecule has 13 nitrogen and oxygen atoms in total. The van der Waals surface area contributed by atoms with Crippen LogP contribution in [0.15, 0.2) is 55.0 Å². The fourth-order valence-corrected chi connectivity index (χ4v) is 5.89. The Bertz CT molecular complexity index is 2050. The molecule has 1 fully saturated rings. The minimum absolute atomic E-state index is 0.0267. The van der Waals surface area contributed by atoms with Crippen LogP contribution in [0.2, 0.25) is 0 Å². The molecule has 15 heteroatoms. The van der Waals surface area contributed by atoms with Crippen molar-refractivity contribution in [2.24, 2.45) is 0 Å². The van der Waals surface area contributed by atoms with Gasteiger partial charge in [-0.1, -0.05) is 0 Å². The van der Waals surface area contributed by atoms with Crippen molar-refractivity contribution < 1.29 is 42.0 Å². The zero-order valence-electron chi connectivity index (χ0n) is 28.1.